The average Bonchev–Trinajstić information content (AvgIpc) is 2.70. The molecule has 7 heteroatoms. The zero-order valence-electron chi connectivity index (χ0n) is 18.4. The zero-order chi connectivity index (χ0) is 22.0. The minimum Gasteiger partial charge on any atom is -0.445 e. The molecule has 2 amide bonds. The van der Waals surface area contributed by atoms with Crippen LogP contribution in [0.25, 0.3) is 0 Å². The first kappa shape index (κ1) is 24.0. The van der Waals surface area contributed by atoms with Crippen LogP contribution in [0.5, 0.6) is 0 Å². The van der Waals surface area contributed by atoms with Crippen molar-refractivity contribution < 1.29 is 24.2 Å². The van der Waals surface area contributed by atoms with E-state index in [1.54, 1.807) is 20.8 Å². The van der Waals surface area contributed by atoms with Crippen molar-refractivity contribution in [2.24, 2.45) is 5.92 Å². The van der Waals surface area contributed by atoms with Gasteiger partial charge in [0.2, 0.25) is 0 Å². The Labute approximate surface area is 179 Å². The first-order valence-corrected chi connectivity index (χ1v) is 10.8. The van der Waals surface area contributed by atoms with Crippen molar-refractivity contribution in [2.75, 3.05) is 6.54 Å². The molecule has 1 aliphatic carbocycles. The van der Waals surface area contributed by atoms with Crippen LogP contribution in [0.2, 0.25) is 0 Å². The third-order valence-electron chi connectivity index (χ3n) is 5.15. The number of aliphatic hydroxyl groups excluding tert-OH is 1. The SMILES string of the molecule is CC(C)(C)OC(=O)N[C@@H](CC1CCCCC1)[C@@H](O)CNC(=O)OCc1ccccc1. The second kappa shape index (κ2) is 11.8. The molecule has 3 N–H and O–H groups in total. The number of nitrogens with one attached hydrogen (secondary N) is 2. The Morgan fingerprint density at radius 2 is 1.77 bits per heavy atom. The summed E-state index contributed by atoms with van der Waals surface area (Å²) in [7, 11) is 0. The number of carbonyl (C=O) groups is 2. The molecule has 2 atom stereocenters. The van der Waals surface area contributed by atoms with Crippen molar-refractivity contribution in [3.8, 4) is 0 Å². The minimum absolute atomic E-state index is 0.0131. The maximum atomic E-state index is 12.3. The third kappa shape index (κ3) is 9.48. The van der Waals surface area contributed by atoms with Gasteiger partial charge < -0.3 is 25.2 Å². The number of carbonyl (C=O) groups excluding carboxylic acids is 2. The molecule has 0 unspecified atom stereocenters. The predicted octanol–water partition coefficient (Wildman–Crippen LogP) is 4.14. The summed E-state index contributed by atoms with van der Waals surface area (Å²) in [6.07, 6.45) is 4.30. The molecule has 0 aromatic heterocycles. The van der Waals surface area contributed by atoms with Crippen LogP contribution in [0.3, 0.4) is 0 Å². The molecule has 1 saturated carbocycles. The van der Waals surface area contributed by atoms with Crippen molar-refractivity contribution in [2.45, 2.75) is 83.6 Å². The normalized spacial score (nSPS) is 16.9. The molecule has 0 aliphatic heterocycles. The summed E-state index contributed by atoms with van der Waals surface area (Å²) in [5.41, 5.74) is 0.263. The Morgan fingerprint density at radius 3 is 2.40 bits per heavy atom. The molecular weight excluding hydrogens is 384 g/mol. The van der Waals surface area contributed by atoms with Gasteiger partial charge in [0, 0.05) is 6.54 Å². The molecule has 2 rings (SSSR count). The zero-order valence-corrected chi connectivity index (χ0v) is 18.4. The van der Waals surface area contributed by atoms with Crippen LogP contribution < -0.4 is 10.6 Å². The maximum Gasteiger partial charge on any atom is 0.407 e. The standard InChI is InChI=1S/C23H36N2O5/c1-23(2,3)30-22(28)25-19(14-17-10-6-4-7-11-17)20(26)15-24-21(27)29-16-18-12-8-5-9-13-18/h5,8-9,12-13,17,19-20,26H,4,6-7,10-11,14-16H2,1-3H3,(H,24,27)(H,25,28)/t19-,20-/m0/s1. The second-order valence-electron chi connectivity index (χ2n) is 9.00. The van der Waals surface area contributed by atoms with Crippen LogP contribution in [0.4, 0.5) is 9.59 Å². The van der Waals surface area contributed by atoms with Crippen molar-refractivity contribution in [1.82, 2.24) is 10.6 Å². The lowest BCUT2D eigenvalue weighted by Crippen LogP contribution is -2.50. The maximum absolute atomic E-state index is 12.3. The van der Waals surface area contributed by atoms with E-state index in [-0.39, 0.29) is 13.2 Å². The van der Waals surface area contributed by atoms with Gasteiger partial charge >= 0.3 is 12.2 Å². The summed E-state index contributed by atoms with van der Waals surface area (Å²) in [5, 5.41) is 16.1. The van der Waals surface area contributed by atoms with E-state index < -0.39 is 29.9 Å². The quantitative estimate of drug-likeness (QED) is 0.587. The Morgan fingerprint density at radius 1 is 1.10 bits per heavy atom. The predicted molar refractivity (Wildman–Crippen MR) is 115 cm³/mol. The van der Waals surface area contributed by atoms with Crippen LogP contribution in [-0.2, 0) is 16.1 Å². The summed E-state index contributed by atoms with van der Waals surface area (Å²) in [6.45, 7) is 5.53. The highest BCUT2D eigenvalue weighted by Crippen LogP contribution is 2.28. The highest BCUT2D eigenvalue weighted by atomic mass is 16.6. The van der Waals surface area contributed by atoms with Gasteiger partial charge in [0.25, 0.3) is 0 Å². The first-order valence-electron chi connectivity index (χ1n) is 10.8. The lowest BCUT2D eigenvalue weighted by Gasteiger charge is -2.31. The molecule has 1 aromatic carbocycles. The van der Waals surface area contributed by atoms with Crippen LogP contribution in [0.15, 0.2) is 30.3 Å². The van der Waals surface area contributed by atoms with Gasteiger partial charge in [0.15, 0.2) is 0 Å². The van der Waals surface area contributed by atoms with Gasteiger partial charge in [-0.1, -0.05) is 62.4 Å². The number of alkyl carbamates (subject to hydrolysis) is 2. The highest BCUT2D eigenvalue weighted by Gasteiger charge is 2.28. The molecule has 0 saturated heterocycles. The minimum atomic E-state index is -0.941. The summed E-state index contributed by atoms with van der Waals surface area (Å²) < 4.78 is 10.5. The fourth-order valence-electron chi connectivity index (χ4n) is 3.66. The van der Waals surface area contributed by atoms with Crippen molar-refractivity contribution in [3.05, 3.63) is 35.9 Å². The van der Waals surface area contributed by atoms with Crippen molar-refractivity contribution in [1.29, 1.82) is 0 Å². The third-order valence-corrected chi connectivity index (χ3v) is 5.15. The first-order chi connectivity index (χ1) is 14.2. The fourth-order valence-corrected chi connectivity index (χ4v) is 3.66. The second-order valence-corrected chi connectivity index (χ2v) is 9.00. The van der Waals surface area contributed by atoms with E-state index in [1.165, 1.54) is 19.3 Å². The molecule has 1 aromatic rings. The summed E-state index contributed by atoms with van der Waals surface area (Å²) >= 11 is 0. The molecule has 1 fully saturated rings. The number of hydrogen-bond acceptors (Lipinski definition) is 5. The van der Waals surface area contributed by atoms with Crippen molar-refractivity contribution in [3.63, 3.8) is 0 Å². The number of hydrogen-bond donors (Lipinski definition) is 3. The Bertz CT molecular complexity index is 653. The molecule has 1 aliphatic rings. The van der Waals surface area contributed by atoms with E-state index in [9.17, 15) is 14.7 Å². The van der Waals surface area contributed by atoms with Gasteiger partial charge in [-0.3, -0.25) is 0 Å². The topological polar surface area (TPSA) is 96.9 Å². The van der Waals surface area contributed by atoms with E-state index in [2.05, 4.69) is 10.6 Å². The lowest BCUT2D eigenvalue weighted by atomic mass is 9.83. The Balaban J connectivity index is 1.85. The number of aliphatic hydroxyl groups is 1. The van der Waals surface area contributed by atoms with E-state index in [4.69, 9.17) is 9.47 Å². The van der Waals surface area contributed by atoms with Crippen LogP contribution in [0.1, 0.15) is 64.9 Å². The molecule has 0 spiro atoms. The molecule has 30 heavy (non-hydrogen) atoms. The van der Waals surface area contributed by atoms with Gasteiger partial charge in [0.05, 0.1) is 12.1 Å². The monoisotopic (exact) mass is 420 g/mol. The van der Waals surface area contributed by atoms with Crippen LogP contribution >= 0.6 is 0 Å². The fraction of sp³-hybridized carbons (Fsp3) is 0.652. The smallest absolute Gasteiger partial charge is 0.407 e. The summed E-state index contributed by atoms with van der Waals surface area (Å²) in [6, 6.07) is 8.87. The highest BCUT2D eigenvalue weighted by molar-refractivity contribution is 5.68. The van der Waals surface area contributed by atoms with E-state index in [1.807, 2.05) is 30.3 Å². The number of rotatable bonds is 8. The van der Waals surface area contributed by atoms with Crippen LogP contribution in [-0.4, -0.2) is 41.6 Å². The molecule has 0 radical (unpaired) electrons. The Kier molecular flexibility index (Phi) is 9.43. The summed E-state index contributed by atoms with van der Waals surface area (Å²) in [5.74, 6) is 0.443. The van der Waals surface area contributed by atoms with E-state index in [0.29, 0.717) is 12.3 Å². The van der Waals surface area contributed by atoms with E-state index in [0.717, 1.165) is 18.4 Å². The van der Waals surface area contributed by atoms with Gasteiger partial charge in [-0.25, -0.2) is 9.59 Å². The Hall–Kier alpha value is -2.28. The van der Waals surface area contributed by atoms with Gasteiger partial charge in [-0.15, -0.1) is 0 Å². The van der Waals surface area contributed by atoms with Gasteiger partial charge in [-0.05, 0) is 38.7 Å². The van der Waals surface area contributed by atoms with E-state index >= 15 is 0 Å². The van der Waals surface area contributed by atoms with Crippen molar-refractivity contribution >= 4 is 12.2 Å². The largest absolute Gasteiger partial charge is 0.445 e. The molecule has 7 nitrogen and oxygen atoms in total. The molecule has 0 bridgehead atoms. The number of ether oxygens (including phenoxy) is 2. The molecule has 168 valence electrons. The summed E-state index contributed by atoms with van der Waals surface area (Å²) in [4.78, 5) is 24.2. The van der Waals surface area contributed by atoms with Gasteiger partial charge in [-0.2, -0.15) is 0 Å². The van der Waals surface area contributed by atoms with Crippen LogP contribution in [0, 0.1) is 5.92 Å². The molecular formula is C23H36N2O5. The lowest BCUT2D eigenvalue weighted by molar-refractivity contribution is 0.0390. The molecule has 0 heterocycles. The number of amides is 2. The number of benzene rings is 1. The van der Waals surface area contributed by atoms with Gasteiger partial charge in [0.1, 0.15) is 12.2 Å². The average molecular weight is 421 g/mol.